The van der Waals surface area contributed by atoms with Gasteiger partial charge in [-0.1, -0.05) is 6.92 Å². The average molecular weight is 493 g/mol. The van der Waals surface area contributed by atoms with Gasteiger partial charge in [-0.05, 0) is 36.3 Å². The standard InChI is InChI=1S/C23H24N8OS2/c1-3-34-22(2,32)30-14-23(15-30,7-8-24)31-13-16(11-26-31)19-20-18(6-10-33-20)28-21(29-19)27-17-5-4-9-25-12-17/h4-6,9-13,32H,3,7,14-15H2,1-2H3,(H,27,28,29). The highest BCUT2D eigenvalue weighted by Crippen LogP contribution is 2.41. The number of thiophene rings is 1. The molecule has 5 heterocycles. The van der Waals surface area contributed by atoms with Crippen LogP contribution in [0.2, 0.25) is 0 Å². The van der Waals surface area contributed by atoms with Crippen molar-refractivity contribution in [3.05, 3.63) is 48.4 Å². The maximum Gasteiger partial charge on any atom is 0.228 e. The molecule has 174 valence electrons. The molecule has 0 spiro atoms. The van der Waals surface area contributed by atoms with Crippen LogP contribution in [0.4, 0.5) is 11.6 Å². The van der Waals surface area contributed by atoms with Gasteiger partial charge in [0.25, 0.3) is 0 Å². The smallest absolute Gasteiger partial charge is 0.228 e. The third-order valence-corrected chi connectivity index (χ3v) is 7.95. The number of nitrogens with one attached hydrogen (secondary N) is 1. The minimum atomic E-state index is -0.966. The number of aromatic nitrogens is 5. The maximum atomic E-state index is 10.8. The van der Waals surface area contributed by atoms with Crippen molar-refractivity contribution in [2.75, 3.05) is 24.2 Å². The lowest BCUT2D eigenvalue weighted by atomic mass is 9.86. The predicted molar refractivity (Wildman–Crippen MR) is 135 cm³/mol. The lowest BCUT2D eigenvalue weighted by Crippen LogP contribution is -2.68. The molecule has 1 aliphatic rings. The lowest BCUT2D eigenvalue weighted by molar-refractivity contribution is -0.117. The second kappa shape index (κ2) is 8.96. The van der Waals surface area contributed by atoms with Gasteiger partial charge in [-0.15, -0.1) is 23.1 Å². The highest BCUT2D eigenvalue weighted by Gasteiger charge is 2.51. The van der Waals surface area contributed by atoms with Crippen LogP contribution in [-0.4, -0.2) is 58.6 Å². The van der Waals surface area contributed by atoms with Crippen LogP contribution in [-0.2, 0) is 5.54 Å². The Balaban J connectivity index is 1.47. The maximum absolute atomic E-state index is 10.8. The normalized spacial score (nSPS) is 17.1. The highest BCUT2D eigenvalue weighted by molar-refractivity contribution is 8.00. The Bertz CT molecular complexity index is 1340. The second-order valence-corrected chi connectivity index (χ2v) is 10.9. The first-order valence-corrected chi connectivity index (χ1v) is 12.8. The molecule has 0 amide bonds. The van der Waals surface area contributed by atoms with Crippen LogP contribution >= 0.6 is 23.1 Å². The number of aliphatic hydroxyl groups is 1. The van der Waals surface area contributed by atoms with Gasteiger partial charge in [0, 0.05) is 31.0 Å². The zero-order valence-electron chi connectivity index (χ0n) is 18.8. The predicted octanol–water partition coefficient (Wildman–Crippen LogP) is 4.04. The van der Waals surface area contributed by atoms with Crippen molar-refractivity contribution in [3.63, 3.8) is 0 Å². The summed E-state index contributed by atoms with van der Waals surface area (Å²) < 4.78 is 2.84. The van der Waals surface area contributed by atoms with Gasteiger partial charge in [0.15, 0.2) is 5.06 Å². The van der Waals surface area contributed by atoms with Crippen molar-refractivity contribution < 1.29 is 5.11 Å². The molecule has 9 nitrogen and oxygen atoms in total. The molecule has 0 aliphatic carbocycles. The van der Waals surface area contributed by atoms with E-state index in [9.17, 15) is 10.4 Å². The van der Waals surface area contributed by atoms with Crippen LogP contribution in [0.5, 0.6) is 0 Å². The highest BCUT2D eigenvalue weighted by atomic mass is 32.2. The summed E-state index contributed by atoms with van der Waals surface area (Å²) in [6, 6.07) is 8.04. The van der Waals surface area contributed by atoms with Crippen LogP contribution in [0.1, 0.15) is 20.3 Å². The first-order valence-electron chi connectivity index (χ1n) is 10.9. The molecule has 5 rings (SSSR count). The van der Waals surface area contributed by atoms with E-state index in [0.29, 0.717) is 25.5 Å². The van der Waals surface area contributed by atoms with Crippen molar-refractivity contribution in [2.45, 2.75) is 30.9 Å². The molecule has 1 unspecified atom stereocenters. The van der Waals surface area contributed by atoms with Crippen LogP contribution < -0.4 is 5.32 Å². The molecule has 0 bridgehead atoms. The molecule has 34 heavy (non-hydrogen) atoms. The number of fused-ring (bicyclic) bond motifs is 1. The first kappa shape index (κ1) is 22.7. The monoisotopic (exact) mass is 492 g/mol. The van der Waals surface area contributed by atoms with Crippen molar-refractivity contribution in [1.82, 2.24) is 29.6 Å². The molecule has 0 aromatic carbocycles. The van der Waals surface area contributed by atoms with Crippen molar-refractivity contribution >= 4 is 45.0 Å². The number of likely N-dealkylation sites (tertiary alicyclic amines) is 1. The quantitative estimate of drug-likeness (QED) is 0.352. The Hall–Kier alpha value is -3.04. The molecule has 4 aromatic heterocycles. The van der Waals surface area contributed by atoms with E-state index in [1.54, 1.807) is 36.9 Å². The molecular formula is C23H24N8OS2. The van der Waals surface area contributed by atoms with E-state index < -0.39 is 10.6 Å². The fourth-order valence-electron chi connectivity index (χ4n) is 4.19. The van der Waals surface area contributed by atoms with E-state index in [4.69, 9.17) is 4.98 Å². The number of nitrogens with zero attached hydrogens (tertiary/aromatic N) is 7. The fraction of sp³-hybridized carbons (Fsp3) is 0.348. The summed E-state index contributed by atoms with van der Waals surface area (Å²) in [4.78, 5) is 15.5. The number of pyridine rings is 1. The molecular weight excluding hydrogens is 468 g/mol. The van der Waals surface area contributed by atoms with Gasteiger partial charge in [0.2, 0.25) is 5.95 Å². The Morgan fingerprint density at radius 2 is 2.18 bits per heavy atom. The van der Waals surface area contributed by atoms with E-state index in [-0.39, 0.29) is 0 Å². The third-order valence-electron chi connectivity index (χ3n) is 5.95. The van der Waals surface area contributed by atoms with Gasteiger partial charge in [0.1, 0.15) is 5.54 Å². The number of thioether (sulfide) groups is 1. The number of anilines is 2. The van der Waals surface area contributed by atoms with Crippen LogP contribution in [0, 0.1) is 11.3 Å². The third kappa shape index (κ3) is 4.14. The minimum absolute atomic E-state index is 0.309. The minimum Gasteiger partial charge on any atom is -0.367 e. The van der Waals surface area contributed by atoms with E-state index in [1.807, 2.05) is 46.3 Å². The topological polar surface area (TPSA) is 116 Å². The van der Waals surface area contributed by atoms with Gasteiger partial charge >= 0.3 is 0 Å². The van der Waals surface area contributed by atoms with Crippen LogP contribution in [0.3, 0.4) is 0 Å². The van der Waals surface area contributed by atoms with Gasteiger partial charge in [0.05, 0.1) is 46.5 Å². The molecule has 1 saturated heterocycles. The molecule has 2 N–H and O–H groups in total. The van der Waals surface area contributed by atoms with E-state index in [2.05, 4.69) is 26.5 Å². The van der Waals surface area contributed by atoms with E-state index >= 15 is 0 Å². The van der Waals surface area contributed by atoms with Crippen molar-refractivity contribution in [2.24, 2.45) is 0 Å². The fourth-order valence-corrected chi connectivity index (χ4v) is 5.89. The summed E-state index contributed by atoms with van der Waals surface area (Å²) in [7, 11) is 0. The first-order chi connectivity index (χ1) is 16.4. The number of hydrogen-bond donors (Lipinski definition) is 2. The second-order valence-electron chi connectivity index (χ2n) is 8.35. The van der Waals surface area contributed by atoms with Gasteiger partial charge in [-0.3, -0.25) is 14.6 Å². The average Bonchev–Trinajstić information content (AvgIpc) is 3.46. The number of nitriles is 1. The van der Waals surface area contributed by atoms with Crippen LogP contribution in [0.25, 0.3) is 21.5 Å². The molecule has 0 radical (unpaired) electrons. The van der Waals surface area contributed by atoms with Crippen molar-refractivity contribution in [1.29, 1.82) is 5.26 Å². The molecule has 1 fully saturated rings. The van der Waals surface area contributed by atoms with Gasteiger partial charge in [-0.2, -0.15) is 10.4 Å². The Labute approximate surface area is 205 Å². The van der Waals surface area contributed by atoms with E-state index in [1.165, 1.54) is 11.8 Å². The van der Waals surface area contributed by atoms with Gasteiger partial charge in [-0.25, -0.2) is 9.97 Å². The lowest BCUT2D eigenvalue weighted by Gasteiger charge is -2.54. The van der Waals surface area contributed by atoms with Gasteiger partial charge < -0.3 is 10.4 Å². The van der Waals surface area contributed by atoms with Crippen LogP contribution in [0.15, 0.2) is 48.4 Å². The number of hydrogen-bond acceptors (Lipinski definition) is 10. The Morgan fingerprint density at radius 1 is 1.32 bits per heavy atom. The zero-order chi connectivity index (χ0) is 23.8. The SMILES string of the molecule is CCSC(C)(O)N1CC(CC#N)(n2cc(-c3nc(Nc4cccnc4)nc4ccsc34)cn2)C1. The summed E-state index contributed by atoms with van der Waals surface area (Å²) in [5.74, 6) is 1.29. The summed E-state index contributed by atoms with van der Waals surface area (Å²) in [5, 5.41) is 29.2. The summed E-state index contributed by atoms with van der Waals surface area (Å²) in [6.45, 7) is 4.92. The largest absolute Gasteiger partial charge is 0.367 e. The van der Waals surface area contributed by atoms with E-state index in [0.717, 1.165) is 32.9 Å². The summed E-state index contributed by atoms with van der Waals surface area (Å²) in [6.07, 6.45) is 7.48. The Kier molecular flexibility index (Phi) is 5.99. The molecule has 11 heteroatoms. The zero-order valence-corrected chi connectivity index (χ0v) is 20.5. The molecule has 0 saturated carbocycles. The summed E-state index contributed by atoms with van der Waals surface area (Å²) >= 11 is 3.06. The molecule has 1 aliphatic heterocycles. The summed E-state index contributed by atoms with van der Waals surface area (Å²) in [5.41, 5.74) is 2.81. The number of rotatable bonds is 8. The molecule has 4 aromatic rings. The Morgan fingerprint density at radius 3 is 2.91 bits per heavy atom. The molecule has 1 atom stereocenters. The van der Waals surface area contributed by atoms with Crippen molar-refractivity contribution in [3.8, 4) is 17.3 Å².